The van der Waals surface area contributed by atoms with Gasteiger partial charge in [-0.15, -0.1) is 11.3 Å². The second-order valence-electron chi connectivity index (χ2n) is 10.1. The molecule has 1 atom stereocenters. The number of aromatic nitrogens is 2. The summed E-state index contributed by atoms with van der Waals surface area (Å²) in [5.41, 5.74) is 6.31. The zero-order valence-electron chi connectivity index (χ0n) is 22.9. The van der Waals surface area contributed by atoms with Gasteiger partial charge in [-0.05, 0) is 65.8 Å². The monoisotopic (exact) mass is 542 g/mol. The van der Waals surface area contributed by atoms with Crippen molar-refractivity contribution >= 4 is 28.3 Å². The number of carbonyl (C=O) groups is 2. The molecule has 39 heavy (non-hydrogen) atoms. The second-order valence-corrected chi connectivity index (χ2v) is 11.0. The number of benzene rings is 2. The molecule has 2 amide bonds. The highest BCUT2D eigenvalue weighted by Gasteiger charge is 2.24. The van der Waals surface area contributed by atoms with Crippen LogP contribution in [-0.2, 0) is 14.9 Å². The van der Waals surface area contributed by atoms with Crippen LogP contribution in [0.5, 0.6) is 0 Å². The Morgan fingerprint density at radius 1 is 1.03 bits per heavy atom. The number of hydrogen-bond acceptors (Lipinski definition) is 6. The molecule has 4 aromatic rings. The zero-order chi connectivity index (χ0) is 28.0. The van der Waals surface area contributed by atoms with Gasteiger partial charge in [-0.2, -0.15) is 0 Å². The predicted molar refractivity (Wildman–Crippen MR) is 157 cm³/mol. The van der Waals surface area contributed by atoms with Gasteiger partial charge in [-0.1, -0.05) is 51.1 Å². The molecule has 2 N–H and O–H groups in total. The molecule has 2 heterocycles. The second kappa shape index (κ2) is 12.3. The first-order chi connectivity index (χ1) is 18.7. The fourth-order valence-corrected chi connectivity index (χ4v) is 4.84. The van der Waals surface area contributed by atoms with Gasteiger partial charge in [0, 0.05) is 35.5 Å². The third-order valence-electron chi connectivity index (χ3n) is 6.87. The summed E-state index contributed by atoms with van der Waals surface area (Å²) in [5.74, 6) is -0.721. The fourth-order valence-electron chi connectivity index (χ4n) is 4.12. The third kappa shape index (κ3) is 6.96. The summed E-state index contributed by atoms with van der Waals surface area (Å²) in [6.45, 7) is 8.40. The molecule has 0 bridgehead atoms. The van der Waals surface area contributed by atoms with E-state index in [1.54, 1.807) is 12.3 Å². The number of carbonyl (C=O) groups excluding carboxylic acids is 2. The fraction of sp³-hybridized carbons (Fsp3) is 0.290. The smallest absolute Gasteiger partial charge is 0.252 e. The van der Waals surface area contributed by atoms with Crippen LogP contribution in [0.1, 0.15) is 48.8 Å². The maximum absolute atomic E-state index is 13.1. The van der Waals surface area contributed by atoms with Gasteiger partial charge < -0.3 is 15.4 Å². The topological polar surface area (TPSA) is 93.2 Å². The van der Waals surface area contributed by atoms with E-state index in [-0.39, 0.29) is 17.9 Å². The van der Waals surface area contributed by atoms with Crippen molar-refractivity contribution in [1.82, 2.24) is 15.3 Å². The van der Waals surface area contributed by atoms with E-state index in [2.05, 4.69) is 47.4 Å². The maximum Gasteiger partial charge on any atom is 0.252 e. The van der Waals surface area contributed by atoms with Crippen LogP contribution in [0, 0.1) is 6.92 Å². The van der Waals surface area contributed by atoms with Crippen LogP contribution in [0.15, 0.2) is 72.2 Å². The molecule has 0 aliphatic rings. The predicted octanol–water partition coefficient (Wildman–Crippen LogP) is 6.25. The molecule has 2 aromatic heterocycles. The molecule has 202 valence electrons. The molecule has 0 fully saturated rings. The van der Waals surface area contributed by atoms with E-state index in [1.165, 1.54) is 18.4 Å². The highest BCUT2D eigenvalue weighted by molar-refractivity contribution is 7.14. The van der Waals surface area contributed by atoms with Gasteiger partial charge in [0.2, 0.25) is 0 Å². The van der Waals surface area contributed by atoms with E-state index < -0.39 is 11.9 Å². The minimum absolute atomic E-state index is 0.0311. The summed E-state index contributed by atoms with van der Waals surface area (Å²) in [4.78, 5) is 35.1. The number of nitrogens with zero attached hydrogens (tertiary/aromatic N) is 2. The van der Waals surface area contributed by atoms with E-state index in [1.807, 2.05) is 60.8 Å². The maximum atomic E-state index is 13.1. The van der Waals surface area contributed by atoms with Gasteiger partial charge >= 0.3 is 0 Å². The van der Waals surface area contributed by atoms with Gasteiger partial charge in [0.15, 0.2) is 5.13 Å². The molecule has 0 unspecified atom stereocenters. The first kappa shape index (κ1) is 28.1. The molecule has 7 nitrogen and oxygen atoms in total. The molecule has 4 rings (SSSR count). The number of hydrogen-bond donors (Lipinski definition) is 2. The Labute approximate surface area is 233 Å². The molecular weight excluding hydrogens is 508 g/mol. The molecule has 8 heteroatoms. The van der Waals surface area contributed by atoms with Gasteiger partial charge in [0.05, 0.1) is 12.3 Å². The zero-order valence-corrected chi connectivity index (χ0v) is 23.8. The van der Waals surface area contributed by atoms with Crippen molar-refractivity contribution in [2.45, 2.75) is 45.6 Å². The number of pyridine rings is 1. The summed E-state index contributed by atoms with van der Waals surface area (Å²) >= 11 is 1.33. The quantitative estimate of drug-likeness (QED) is 0.247. The van der Waals surface area contributed by atoms with Crippen LogP contribution in [0.4, 0.5) is 5.13 Å². The van der Waals surface area contributed by atoms with Gasteiger partial charge in [0.25, 0.3) is 11.8 Å². The Hall–Kier alpha value is -3.88. The van der Waals surface area contributed by atoms with Gasteiger partial charge in [-0.25, -0.2) is 4.98 Å². The third-order valence-corrected chi connectivity index (χ3v) is 7.63. The summed E-state index contributed by atoms with van der Waals surface area (Å²) < 4.78 is 5.24. The van der Waals surface area contributed by atoms with Crippen LogP contribution < -0.4 is 10.6 Å². The lowest BCUT2D eigenvalue weighted by molar-refractivity contribution is -0.119. The lowest BCUT2D eigenvalue weighted by Crippen LogP contribution is -2.46. The molecule has 0 saturated heterocycles. The van der Waals surface area contributed by atoms with Crippen molar-refractivity contribution in [1.29, 1.82) is 0 Å². The van der Waals surface area contributed by atoms with Crippen LogP contribution in [0.2, 0.25) is 0 Å². The molecule has 0 aliphatic heterocycles. The van der Waals surface area contributed by atoms with Crippen molar-refractivity contribution in [3.05, 3.63) is 89.1 Å². The molecule has 0 saturated carbocycles. The summed E-state index contributed by atoms with van der Waals surface area (Å²) in [6.07, 6.45) is 2.74. The van der Waals surface area contributed by atoms with Crippen LogP contribution >= 0.6 is 11.3 Å². The lowest BCUT2D eigenvalue weighted by atomic mass is 9.81. The average molecular weight is 543 g/mol. The Bertz CT molecular complexity index is 1460. The van der Waals surface area contributed by atoms with Crippen molar-refractivity contribution in [2.24, 2.45) is 0 Å². The van der Waals surface area contributed by atoms with Crippen molar-refractivity contribution < 1.29 is 14.3 Å². The molecule has 0 spiro atoms. The summed E-state index contributed by atoms with van der Waals surface area (Å²) in [7, 11) is 1.50. The standard InChI is InChI=1S/C31H34N4O3S/c1-6-31(3,4)25-12-8-11-24(17-25)28(36)33-26(18-38-5)29(37)35-30-34-27(19-39-30)23-10-7-9-21(16-23)22-13-14-32-20(2)15-22/h7-17,19,26H,6,18H2,1-5H3,(H,33,36)(H,34,35,37)/t26-/m0/s1. The van der Waals surface area contributed by atoms with Crippen molar-refractivity contribution in [3.63, 3.8) is 0 Å². The van der Waals surface area contributed by atoms with E-state index in [0.29, 0.717) is 10.7 Å². The number of methoxy groups -OCH3 is 1. The number of rotatable bonds is 10. The molecular formula is C31H34N4O3S. The lowest BCUT2D eigenvalue weighted by Gasteiger charge is -2.24. The van der Waals surface area contributed by atoms with Crippen molar-refractivity contribution in [2.75, 3.05) is 19.0 Å². The number of thiazole rings is 1. The van der Waals surface area contributed by atoms with Crippen molar-refractivity contribution in [3.8, 4) is 22.4 Å². The van der Waals surface area contributed by atoms with E-state index >= 15 is 0 Å². The Morgan fingerprint density at radius 2 is 1.77 bits per heavy atom. The first-order valence-electron chi connectivity index (χ1n) is 12.9. The number of nitrogens with one attached hydrogen (secondary N) is 2. The summed E-state index contributed by atoms with van der Waals surface area (Å²) in [5, 5.41) is 8.00. The minimum atomic E-state index is -0.879. The minimum Gasteiger partial charge on any atom is -0.382 e. The number of aryl methyl sites for hydroxylation is 1. The number of ether oxygens (including phenoxy) is 1. The van der Waals surface area contributed by atoms with E-state index in [9.17, 15) is 9.59 Å². The SMILES string of the molecule is CCC(C)(C)c1cccc(C(=O)N[C@@H](COC)C(=O)Nc2nc(-c3cccc(-c4ccnc(C)c4)c3)cs2)c1. The number of amides is 2. The Morgan fingerprint density at radius 3 is 2.51 bits per heavy atom. The van der Waals surface area contributed by atoms with Gasteiger partial charge in [-0.3, -0.25) is 14.6 Å². The molecule has 0 aliphatic carbocycles. The highest BCUT2D eigenvalue weighted by atomic mass is 32.1. The Balaban J connectivity index is 1.46. The highest BCUT2D eigenvalue weighted by Crippen LogP contribution is 2.29. The average Bonchev–Trinajstić information content (AvgIpc) is 3.41. The normalized spacial score (nSPS) is 12.1. The first-order valence-corrected chi connectivity index (χ1v) is 13.8. The Kier molecular flexibility index (Phi) is 8.89. The van der Waals surface area contributed by atoms with Gasteiger partial charge in [0.1, 0.15) is 6.04 Å². The largest absolute Gasteiger partial charge is 0.382 e. The summed E-state index contributed by atoms with van der Waals surface area (Å²) in [6, 6.07) is 18.7. The van der Waals surface area contributed by atoms with E-state index in [4.69, 9.17) is 4.74 Å². The number of anilines is 1. The van der Waals surface area contributed by atoms with Crippen LogP contribution in [0.3, 0.4) is 0 Å². The van der Waals surface area contributed by atoms with E-state index in [0.717, 1.165) is 40.1 Å². The van der Waals surface area contributed by atoms with Crippen LogP contribution in [0.25, 0.3) is 22.4 Å². The molecule has 2 aromatic carbocycles. The van der Waals surface area contributed by atoms with Crippen LogP contribution in [-0.4, -0.2) is 41.5 Å². The molecule has 0 radical (unpaired) electrons.